The standard InChI is InChI=1S/C21H33BrN2O2/c1-16(2)14-24(15-18-8-6-7-9-19(18)22)23-12-10-17(11-13-23)20(25)26-21(3,4)5/h6-9,16-17H,10-15H2,1-5H3. The Labute approximate surface area is 167 Å². The summed E-state index contributed by atoms with van der Waals surface area (Å²) in [6.07, 6.45) is 1.72. The fourth-order valence-electron chi connectivity index (χ4n) is 3.29. The normalized spacial score (nSPS) is 17.1. The molecule has 146 valence electrons. The van der Waals surface area contributed by atoms with Crippen LogP contribution in [-0.4, -0.2) is 41.2 Å². The van der Waals surface area contributed by atoms with Crippen LogP contribution in [0.3, 0.4) is 0 Å². The molecule has 1 heterocycles. The number of rotatable bonds is 6. The quantitative estimate of drug-likeness (QED) is 0.609. The molecule has 0 spiro atoms. The zero-order valence-corrected chi connectivity index (χ0v) is 18.4. The number of carbonyl (C=O) groups is 1. The predicted molar refractivity (Wildman–Crippen MR) is 110 cm³/mol. The van der Waals surface area contributed by atoms with E-state index in [0.29, 0.717) is 5.92 Å². The van der Waals surface area contributed by atoms with Crippen LogP contribution in [0.1, 0.15) is 53.0 Å². The Morgan fingerprint density at radius 1 is 1.27 bits per heavy atom. The van der Waals surface area contributed by atoms with Gasteiger partial charge in [0.2, 0.25) is 0 Å². The first-order valence-electron chi connectivity index (χ1n) is 9.62. The van der Waals surface area contributed by atoms with Gasteiger partial charge in [-0.05, 0) is 51.2 Å². The van der Waals surface area contributed by atoms with Crippen LogP contribution in [0.15, 0.2) is 28.7 Å². The summed E-state index contributed by atoms with van der Waals surface area (Å²) in [5.41, 5.74) is 0.889. The molecule has 1 fully saturated rings. The molecule has 0 aromatic heterocycles. The molecule has 0 amide bonds. The summed E-state index contributed by atoms with van der Waals surface area (Å²) in [7, 11) is 0. The first-order chi connectivity index (χ1) is 12.2. The lowest BCUT2D eigenvalue weighted by Gasteiger charge is -2.40. The van der Waals surface area contributed by atoms with E-state index in [0.717, 1.165) is 43.5 Å². The second kappa shape index (κ2) is 9.34. The third-order valence-electron chi connectivity index (χ3n) is 4.50. The number of piperidine rings is 1. The average molecular weight is 425 g/mol. The Morgan fingerprint density at radius 3 is 2.42 bits per heavy atom. The highest BCUT2D eigenvalue weighted by Gasteiger charge is 2.31. The molecule has 0 atom stereocenters. The highest BCUT2D eigenvalue weighted by molar-refractivity contribution is 9.10. The monoisotopic (exact) mass is 424 g/mol. The molecule has 1 aliphatic rings. The molecule has 5 heteroatoms. The number of benzene rings is 1. The smallest absolute Gasteiger partial charge is 0.309 e. The van der Waals surface area contributed by atoms with Crippen LogP contribution >= 0.6 is 15.9 Å². The van der Waals surface area contributed by atoms with E-state index >= 15 is 0 Å². The van der Waals surface area contributed by atoms with E-state index in [2.05, 4.69) is 58.0 Å². The van der Waals surface area contributed by atoms with Crippen LogP contribution in [0.25, 0.3) is 0 Å². The molecule has 0 bridgehead atoms. The van der Waals surface area contributed by atoms with Gasteiger partial charge >= 0.3 is 5.97 Å². The highest BCUT2D eigenvalue weighted by Crippen LogP contribution is 2.25. The summed E-state index contributed by atoms with van der Waals surface area (Å²) >= 11 is 3.67. The summed E-state index contributed by atoms with van der Waals surface area (Å²) in [5, 5.41) is 4.86. The molecule has 1 aromatic carbocycles. The number of hydrogen-bond acceptors (Lipinski definition) is 4. The van der Waals surface area contributed by atoms with Gasteiger partial charge in [0, 0.05) is 30.7 Å². The highest BCUT2D eigenvalue weighted by atomic mass is 79.9. The van der Waals surface area contributed by atoms with Crippen molar-refractivity contribution in [1.82, 2.24) is 10.0 Å². The Balaban J connectivity index is 1.98. The molecule has 0 saturated carbocycles. The second-order valence-corrected chi connectivity index (χ2v) is 9.45. The van der Waals surface area contributed by atoms with Crippen LogP contribution in [0.4, 0.5) is 0 Å². The molecule has 2 rings (SSSR count). The Kier molecular flexibility index (Phi) is 7.68. The third-order valence-corrected chi connectivity index (χ3v) is 5.27. The zero-order chi connectivity index (χ0) is 19.3. The summed E-state index contributed by atoms with van der Waals surface area (Å²) in [6.45, 7) is 14.0. The lowest BCUT2D eigenvalue weighted by Crippen LogP contribution is -2.49. The Morgan fingerprint density at radius 2 is 1.88 bits per heavy atom. The lowest BCUT2D eigenvalue weighted by molar-refractivity contribution is -0.164. The molecule has 1 aliphatic heterocycles. The second-order valence-electron chi connectivity index (χ2n) is 8.59. The molecule has 1 saturated heterocycles. The maximum atomic E-state index is 12.3. The van der Waals surface area contributed by atoms with Crippen molar-refractivity contribution in [2.45, 2.75) is 59.6 Å². The first kappa shape index (κ1) is 21.4. The number of hydrazine groups is 1. The van der Waals surface area contributed by atoms with Crippen molar-refractivity contribution in [1.29, 1.82) is 0 Å². The maximum Gasteiger partial charge on any atom is 0.309 e. The van der Waals surface area contributed by atoms with Crippen LogP contribution < -0.4 is 0 Å². The summed E-state index contributed by atoms with van der Waals surface area (Å²) in [4.78, 5) is 12.3. The average Bonchev–Trinajstić information content (AvgIpc) is 2.54. The molecule has 0 unspecified atom stereocenters. The van der Waals surface area contributed by atoms with Crippen LogP contribution in [0.2, 0.25) is 0 Å². The van der Waals surface area contributed by atoms with Gasteiger partial charge in [0.05, 0.1) is 5.92 Å². The van der Waals surface area contributed by atoms with E-state index in [1.54, 1.807) is 0 Å². The van der Waals surface area contributed by atoms with Gasteiger partial charge in [0.1, 0.15) is 5.60 Å². The minimum Gasteiger partial charge on any atom is -0.460 e. The minimum atomic E-state index is -0.405. The molecular weight excluding hydrogens is 392 g/mol. The minimum absolute atomic E-state index is 0.0230. The number of ether oxygens (including phenoxy) is 1. The molecule has 1 aromatic rings. The fraction of sp³-hybridized carbons (Fsp3) is 0.667. The Bertz CT molecular complexity index is 590. The van der Waals surface area contributed by atoms with Gasteiger partial charge in [-0.25, -0.2) is 10.0 Å². The third kappa shape index (κ3) is 6.67. The van der Waals surface area contributed by atoms with Gasteiger partial charge in [-0.1, -0.05) is 48.0 Å². The van der Waals surface area contributed by atoms with Crippen molar-refractivity contribution < 1.29 is 9.53 Å². The molecule has 0 radical (unpaired) electrons. The van der Waals surface area contributed by atoms with Gasteiger partial charge in [-0.15, -0.1) is 0 Å². The largest absolute Gasteiger partial charge is 0.460 e. The van der Waals surface area contributed by atoms with E-state index in [1.807, 2.05) is 26.8 Å². The SMILES string of the molecule is CC(C)CN(Cc1ccccc1Br)N1CCC(C(=O)OC(C)(C)C)CC1. The molecule has 26 heavy (non-hydrogen) atoms. The van der Waals surface area contributed by atoms with E-state index in [4.69, 9.17) is 4.74 Å². The summed E-state index contributed by atoms with van der Waals surface area (Å²) < 4.78 is 6.72. The van der Waals surface area contributed by atoms with Crippen LogP contribution in [0, 0.1) is 11.8 Å². The number of carbonyl (C=O) groups excluding carboxylic acids is 1. The fourth-order valence-corrected chi connectivity index (χ4v) is 3.70. The summed E-state index contributed by atoms with van der Waals surface area (Å²) in [6, 6.07) is 8.40. The zero-order valence-electron chi connectivity index (χ0n) is 16.8. The number of esters is 1. The van der Waals surface area contributed by atoms with Crippen molar-refractivity contribution in [3.63, 3.8) is 0 Å². The van der Waals surface area contributed by atoms with Crippen molar-refractivity contribution in [3.8, 4) is 0 Å². The Hall–Kier alpha value is -0.910. The molecule has 0 aliphatic carbocycles. The van der Waals surface area contributed by atoms with Gasteiger partial charge in [-0.3, -0.25) is 4.79 Å². The van der Waals surface area contributed by atoms with Gasteiger partial charge in [-0.2, -0.15) is 0 Å². The lowest BCUT2D eigenvalue weighted by atomic mass is 9.97. The maximum absolute atomic E-state index is 12.3. The van der Waals surface area contributed by atoms with Crippen LogP contribution in [0.5, 0.6) is 0 Å². The van der Waals surface area contributed by atoms with Crippen molar-refractivity contribution in [2.75, 3.05) is 19.6 Å². The molecule has 4 nitrogen and oxygen atoms in total. The number of hydrogen-bond donors (Lipinski definition) is 0. The van der Waals surface area contributed by atoms with Crippen molar-refractivity contribution >= 4 is 21.9 Å². The van der Waals surface area contributed by atoms with Crippen molar-refractivity contribution in [3.05, 3.63) is 34.3 Å². The van der Waals surface area contributed by atoms with Crippen molar-refractivity contribution in [2.24, 2.45) is 11.8 Å². The van der Waals surface area contributed by atoms with Gasteiger partial charge in [0.15, 0.2) is 0 Å². The molecule has 0 N–H and O–H groups in total. The molecular formula is C21H33BrN2O2. The van der Waals surface area contributed by atoms with Crippen LogP contribution in [-0.2, 0) is 16.1 Å². The van der Waals surface area contributed by atoms with E-state index < -0.39 is 5.60 Å². The topological polar surface area (TPSA) is 32.8 Å². The van der Waals surface area contributed by atoms with E-state index in [-0.39, 0.29) is 11.9 Å². The number of nitrogens with zero attached hydrogens (tertiary/aromatic N) is 2. The predicted octanol–water partition coefficient (Wildman–Crippen LogP) is 4.88. The van der Waals surface area contributed by atoms with E-state index in [9.17, 15) is 4.79 Å². The van der Waals surface area contributed by atoms with Gasteiger partial charge in [0.25, 0.3) is 0 Å². The van der Waals surface area contributed by atoms with Gasteiger partial charge < -0.3 is 4.74 Å². The first-order valence-corrected chi connectivity index (χ1v) is 10.4. The summed E-state index contributed by atoms with van der Waals surface area (Å²) in [5.74, 6) is 0.564. The van der Waals surface area contributed by atoms with E-state index in [1.165, 1.54) is 5.56 Å². The number of halogens is 1.